The molecule has 0 aliphatic rings. The molecule has 2 nitrogen and oxygen atoms in total. The number of halogens is 6. The number of nitrogen functional groups attached to an aromatic ring is 2. The first-order valence-electron chi connectivity index (χ1n) is 7.56. The van der Waals surface area contributed by atoms with Crippen LogP contribution in [0.15, 0.2) is 48.5 Å². The van der Waals surface area contributed by atoms with Crippen molar-refractivity contribution in [1.82, 2.24) is 0 Å². The predicted molar refractivity (Wildman–Crippen MR) is 90.6 cm³/mol. The van der Waals surface area contributed by atoms with E-state index in [0.717, 1.165) is 11.4 Å². The Labute approximate surface area is 147 Å². The van der Waals surface area contributed by atoms with Gasteiger partial charge in [-0.1, -0.05) is 38.1 Å². The standard InChI is InChI=1S/C15H18N2.C3H2F6/c1-15(2,11-5-3-7-13(16)9-11)12-6-4-8-14(17)10-12;4-2(5,6)1-3(7,8)9/h3-10H,16-17H2,1-2H3;1H2. The lowest BCUT2D eigenvalue weighted by Crippen LogP contribution is -2.20. The highest BCUT2D eigenvalue weighted by molar-refractivity contribution is 5.50. The van der Waals surface area contributed by atoms with Crippen LogP contribution >= 0.6 is 0 Å². The summed E-state index contributed by atoms with van der Waals surface area (Å²) >= 11 is 0. The third kappa shape index (κ3) is 7.25. The first kappa shape index (κ1) is 21.7. The molecule has 8 heteroatoms. The topological polar surface area (TPSA) is 52.0 Å². The van der Waals surface area contributed by atoms with Crippen molar-refractivity contribution in [3.05, 3.63) is 59.7 Å². The summed E-state index contributed by atoms with van der Waals surface area (Å²) in [5, 5.41) is 0. The number of anilines is 2. The molecule has 144 valence electrons. The van der Waals surface area contributed by atoms with Gasteiger partial charge >= 0.3 is 12.4 Å². The zero-order valence-electron chi connectivity index (χ0n) is 14.2. The van der Waals surface area contributed by atoms with Gasteiger partial charge in [-0.3, -0.25) is 0 Å². The van der Waals surface area contributed by atoms with Crippen LogP contribution in [-0.2, 0) is 5.41 Å². The van der Waals surface area contributed by atoms with Gasteiger partial charge in [0, 0.05) is 16.8 Å². The van der Waals surface area contributed by atoms with E-state index in [1.165, 1.54) is 11.1 Å². The zero-order chi connectivity index (χ0) is 20.2. The Morgan fingerprint density at radius 1 is 0.692 bits per heavy atom. The molecule has 0 aromatic heterocycles. The molecule has 0 fully saturated rings. The maximum atomic E-state index is 10.8. The Morgan fingerprint density at radius 2 is 1.04 bits per heavy atom. The van der Waals surface area contributed by atoms with Crippen molar-refractivity contribution in [2.75, 3.05) is 11.5 Å². The van der Waals surface area contributed by atoms with E-state index in [9.17, 15) is 26.3 Å². The monoisotopic (exact) mass is 378 g/mol. The molecule has 0 amide bonds. The van der Waals surface area contributed by atoms with E-state index in [1.807, 2.05) is 36.4 Å². The molecule has 0 bridgehead atoms. The van der Waals surface area contributed by atoms with Crippen molar-refractivity contribution in [1.29, 1.82) is 0 Å². The van der Waals surface area contributed by atoms with Crippen LogP contribution in [0, 0.1) is 0 Å². The summed E-state index contributed by atoms with van der Waals surface area (Å²) in [6.07, 6.45) is -13.0. The largest absolute Gasteiger partial charge is 0.399 e. The average Bonchev–Trinajstić information content (AvgIpc) is 2.44. The highest BCUT2D eigenvalue weighted by Gasteiger charge is 2.43. The van der Waals surface area contributed by atoms with E-state index in [1.54, 1.807) is 0 Å². The molecule has 0 aliphatic carbocycles. The van der Waals surface area contributed by atoms with E-state index in [0.29, 0.717) is 0 Å². The Morgan fingerprint density at radius 3 is 1.27 bits per heavy atom. The molecule has 0 atom stereocenters. The van der Waals surface area contributed by atoms with Crippen LogP contribution in [0.1, 0.15) is 31.4 Å². The first-order valence-corrected chi connectivity index (χ1v) is 7.56. The van der Waals surface area contributed by atoms with Crippen molar-refractivity contribution < 1.29 is 26.3 Å². The summed E-state index contributed by atoms with van der Waals surface area (Å²) in [7, 11) is 0. The van der Waals surface area contributed by atoms with Gasteiger partial charge in [0.2, 0.25) is 0 Å². The summed E-state index contributed by atoms with van der Waals surface area (Å²) < 4.78 is 65.0. The second kappa shape index (κ2) is 7.88. The lowest BCUT2D eigenvalue weighted by Gasteiger charge is -2.26. The fourth-order valence-corrected chi connectivity index (χ4v) is 2.25. The average molecular weight is 378 g/mol. The number of hydrogen-bond acceptors (Lipinski definition) is 2. The zero-order valence-corrected chi connectivity index (χ0v) is 14.2. The van der Waals surface area contributed by atoms with E-state index in [-0.39, 0.29) is 5.41 Å². The van der Waals surface area contributed by atoms with Gasteiger partial charge in [0.05, 0.1) is 0 Å². The fourth-order valence-electron chi connectivity index (χ4n) is 2.25. The molecule has 0 saturated carbocycles. The van der Waals surface area contributed by atoms with Crippen molar-refractivity contribution >= 4 is 11.4 Å². The molecule has 0 spiro atoms. The van der Waals surface area contributed by atoms with Gasteiger partial charge in [0.15, 0.2) is 0 Å². The summed E-state index contributed by atoms with van der Waals surface area (Å²) in [4.78, 5) is 0. The molecule has 2 rings (SSSR count). The molecule has 0 heterocycles. The fraction of sp³-hybridized carbons (Fsp3) is 0.333. The normalized spacial score (nSPS) is 12.3. The molecule has 0 saturated heterocycles. The van der Waals surface area contributed by atoms with Crippen LogP contribution in [0.2, 0.25) is 0 Å². The summed E-state index contributed by atoms with van der Waals surface area (Å²) in [5.74, 6) is 0. The Bertz CT molecular complexity index is 661. The SMILES string of the molecule is CC(C)(c1cccc(N)c1)c1cccc(N)c1.FC(F)(F)CC(F)(F)F. The number of rotatable bonds is 2. The Balaban J connectivity index is 0.000000321. The number of benzene rings is 2. The van der Waals surface area contributed by atoms with Crippen LogP contribution in [0.4, 0.5) is 37.7 Å². The van der Waals surface area contributed by atoms with E-state index < -0.39 is 18.8 Å². The minimum Gasteiger partial charge on any atom is -0.399 e. The lowest BCUT2D eigenvalue weighted by atomic mass is 9.78. The van der Waals surface area contributed by atoms with Crippen LogP contribution < -0.4 is 11.5 Å². The van der Waals surface area contributed by atoms with Crippen LogP contribution in [0.5, 0.6) is 0 Å². The molecule has 2 aromatic rings. The molecule has 26 heavy (non-hydrogen) atoms. The number of hydrogen-bond donors (Lipinski definition) is 2. The third-order valence-electron chi connectivity index (χ3n) is 3.62. The van der Waals surface area contributed by atoms with Gasteiger partial charge in [0.25, 0.3) is 0 Å². The van der Waals surface area contributed by atoms with E-state index in [4.69, 9.17) is 11.5 Å². The molecule has 0 radical (unpaired) electrons. The van der Waals surface area contributed by atoms with Gasteiger partial charge in [-0.2, -0.15) is 26.3 Å². The van der Waals surface area contributed by atoms with Gasteiger partial charge in [-0.05, 0) is 35.4 Å². The van der Waals surface area contributed by atoms with Gasteiger partial charge < -0.3 is 11.5 Å². The second-order valence-corrected chi connectivity index (χ2v) is 6.28. The molecule has 4 N–H and O–H groups in total. The predicted octanol–water partition coefficient (Wildman–Crippen LogP) is 5.68. The van der Waals surface area contributed by atoms with E-state index in [2.05, 4.69) is 26.0 Å². The van der Waals surface area contributed by atoms with Crippen molar-refractivity contribution in [2.45, 2.75) is 38.0 Å². The molecule has 0 unspecified atom stereocenters. The molecule has 0 aliphatic heterocycles. The van der Waals surface area contributed by atoms with Gasteiger partial charge in [0.1, 0.15) is 6.42 Å². The summed E-state index contributed by atoms with van der Waals surface area (Å²) in [6.45, 7) is 4.35. The summed E-state index contributed by atoms with van der Waals surface area (Å²) in [5.41, 5.74) is 15.6. The van der Waals surface area contributed by atoms with Crippen LogP contribution in [0.3, 0.4) is 0 Å². The highest BCUT2D eigenvalue weighted by atomic mass is 19.4. The third-order valence-corrected chi connectivity index (χ3v) is 3.62. The molecular formula is C18H20F6N2. The Hall–Kier alpha value is -2.38. The maximum Gasteiger partial charge on any atom is 0.397 e. The molecule has 2 aromatic carbocycles. The van der Waals surface area contributed by atoms with Crippen molar-refractivity contribution in [2.24, 2.45) is 0 Å². The molecular weight excluding hydrogens is 358 g/mol. The van der Waals surface area contributed by atoms with E-state index >= 15 is 0 Å². The number of alkyl halides is 6. The minimum absolute atomic E-state index is 0.0925. The smallest absolute Gasteiger partial charge is 0.397 e. The number of nitrogens with two attached hydrogens (primary N) is 2. The quantitative estimate of drug-likeness (QED) is 0.522. The Kier molecular flexibility index (Phi) is 6.57. The van der Waals surface area contributed by atoms with Crippen molar-refractivity contribution in [3.63, 3.8) is 0 Å². The van der Waals surface area contributed by atoms with Gasteiger partial charge in [-0.15, -0.1) is 0 Å². The first-order chi connectivity index (χ1) is 11.7. The lowest BCUT2D eigenvalue weighted by molar-refractivity contribution is -0.232. The summed E-state index contributed by atoms with van der Waals surface area (Å²) in [6, 6.07) is 16.0. The minimum atomic E-state index is -5.14. The second-order valence-electron chi connectivity index (χ2n) is 6.28. The van der Waals surface area contributed by atoms with Crippen LogP contribution in [-0.4, -0.2) is 12.4 Å². The highest BCUT2D eigenvalue weighted by Crippen LogP contribution is 2.33. The van der Waals surface area contributed by atoms with Gasteiger partial charge in [-0.25, -0.2) is 0 Å². The van der Waals surface area contributed by atoms with Crippen LogP contribution in [0.25, 0.3) is 0 Å². The maximum absolute atomic E-state index is 10.8. The van der Waals surface area contributed by atoms with Crippen molar-refractivity contribution in [3.8, 4) is 0 Å².